The van der Waals surface area contributed by atoms with E-state index in [4.69, 9.17) is 25.3 Å². The maximum atomic E-state index is 11.9. The van der Waals surface area contributed by atoms with E-state index in [2.05, 4.69) is 20.2 Å². The minimum atomic E-state index is -0.490. The molecule has 1 aromatic carbocycles. The lowest BCUT2D eigenvalue weighted by atomic mass is 10.1. The van der Waals surface area contributed by atoms with Gasteiger partial charge < -0.3 is 13.7 Å². The van der Waals surface area contributed by atoms with Crippen molar-refractivity contribution in [2.24, 2.45) is 0 Å². The van der Waals surface area contributed by atoms with E-state index in [-0.39, 0.29) is 5.95 Å². The third-order valence-electron chi connectivity index (χ3n) is 5.78. The molecule has 0 aliphatic heterocycles. The predicted molar refractivity (Wildman–Crippen MR) is 132 cm³/mol. The fraction of sp³-hybridized carbons (Fsp3) is 0.348. The Morgan fingerprint density at radius 3 is 2.86 bits per heavy atom. The number of halogens is 1. The maximum absolute atomic E-state index is 11.9. The van der Waals surface area contributed by atoms with E-state index >= 15 is 0 Å². The quantitative estimate of drug-likeness (QED) is 0.241. The second-order valence-corrected chi connectivity index (χ2v) is 8.81. The predicted octanol–water partition coefficient (Wildman–Crippen LogP) is 4.07. The highest BCUT2D eigenvalue weighted by Gasteiger charge is 2.20. The number of aromatic nitrogens is 6. The molecule has 0 fully saturated rings. The van der Waals surface area contributed by atoms with E-state index in [1.54, 1.807) is 17.1 Å². The van der Waals surface area contributed by atoms with E-state index in [1.165, 1.54) is 35.3 Å². The number of hydrogen-bond acceptors (Lipinski definition) is 9. The zero-order valence-corrected chi connectivity index (χ0v) is 20.8. The fourth-order valence-electron chi connectivity index (χ4n) is 4.19. The highest BCUT2D eigenvalue weighted by molar-refractivity contribution is 7.94. The first-order chi connectivity index (χ1) is 17.1. The van der Waals surface area contributed by atoms with Gasteiger partial charge in [-0.3, -0.25) is 4.68 Å². The summed E-state index contributed by atoms with van der Waals surface area (Å²) in [5.41, 5.74) is 4.02. The number of methoxy groups -OCH3 is 1. The highest BCUT2D eigenvalue weighted by Crippen LogP contribution is 2.35. The van der Waals surface area contributed by atoms with Gasteiger partial charge in [0.15, 0.2) is 0 Å². The van der Waals surface area contributed by atoms with Crippen molar-refractivity contribution < 1.29 is 18.5 Å². The summed E-state index contributed by atoms with van der Waals surface area (Å²) < 4.78 is 19.7. The van der Waals surface area contributed by atoms with Crippen LogP contribution in [-0.4, -0.2) is 55.5 Å². The van der Waals surface area contributed by atoms with Crippen molar-refractivity contribution in [3.63, 3.8) is 0 Å². The molecule has 0 unspecified atom stereocenters. The molecule has 0 N–H and O–H groups in total. The second kappa shape index (κ2) is 10.1. The summed E-state index contributed by atoms with van der Waals surface area (Å²) >= 11 is 7.28. The van der Waals surface area contributed by atoms with Crippen LogP contribution in [0.5, 0.6) is 11.6 Å². The lowest BCUT2D eigenvalue weighted by molar-refractivity contribution is 0.0769. The van der Waals surface area contributed by atoms with Gasteiger partial charge >= 0.3 is 5.97 Å². The van der Waals surface area contributed by atoms with Crippen LogP contribution in [0.3, 0.4) is 0 Å². The Morgan fingerprint density at radius 1 is 1.17 bits per heavy atom. The number of benzene rings is 1. The summed E-state index contributed by atoms with van der Waals surface area (Å²) in [6, 6.07) is 3.87. The molecule has 0 saturated carbocycles. The minimum Gasteiger partial charge on any atom is -0.493 e. The van der Waals surface area contributed by atoms with Gasteiger partial charge in [-0.2, -0.15) is 15.2 Å². The van der Waals surface area contributed by atoms with E-state index < -0.39 is 5.97 Å². The van der Waals surface area contributed by atoms with Crippen LogP contribution in [0, 0.1) is 0 Å². The summed E-state index contributed by atoms with van der Waals surface area (Å²) in [6.07, 6.45) is 10.1. The molecule has 0 atom stereocenters. The zero-order chi connectivity index (χ0) is 24.4. The average Bonchev–Trinajstić information content (AvgIpc) is 3.62. The van der Waals surface area contributed by atoms with Crippen molar-refractivity contribution in [2.75, 3.05) is 20.0 Å². The number of hydrogen-bond donors (Lipinski definition) is 0. The van der Waals surface area contributed by atoms with Crippen LogP contribution in [0.1, 0.15) is 34.3 Å². The van der Waals surface area contributed by atoms with E-state index in [9.17, 15) is 4.79 Å². The van der Waals surface area contributed by atoms with Crippen molar-refractivity contribution in [1.29, 1.82) is 0 Å². The lowest BCUT2D eigenvalue weighted by Crippen LogP contribution is -2.09. The molecule has 1 aliphatic rings. The number of aryl methyl sites for hydroxylation is 1. The molecule has 3 heterocycles. The number of ether oxygens (including phenoxy) is 2. The van der Waals surface area contributed by atoms with Gasteiger partial charge in [-0.25, -0.2) is 14.5 Å². The third-order valence-corrected chi connectivity index (χ3v) is 6.45. The Balaban J connectivity index is 1.30. The summed E-state index contributed by atoms with van der Waals surface area (Å²) in [6.45, 7) is 1.14. The summed E-state index contributed by atoms with van der Waals surface area (Å²) in [4.78, 5) is 20.9. The number of fused-ring (bicyclic) bond motifs is 2. The summed E-state index contributed by atoms with van der Waals surface area (Å²) in [7, 11) is 1.54. The smallest absolute Gasteiger partial charge is 0.353 e. The molecule has 0 saturated heterocycles. The average molecular weight is 515 g/mol. The molecule has 0 spiro atoms. The molecular weight excluding hydrogens is 492 g/mol. The number of carbonyl (C=O) groups excluding carboxylic acids is 1. The van der Waals surface area contributed by atoms with Crippen LogP contribution in [0.4, 0.5) is 0 Å². The van der Waals surface area contributed by atoms with Crippen LogP contribution < -0.4 is 9.47 Å². The SMILES string of the molecule is COc1nc(-n2cc(C(=O)OSC)cn2)nc2cnn(CCCOc3ccc(Cl)c4c3CCC4)c12. The highest BCUT2D eigenvalue weighted by atomic mass is 35.5. The molecule has 0 radical (unpaired) electrons. The number of carbonyl (C=O) groups is 1. The van der Waals surface area contributed by atoms with Gasteiger partial charge in [0.2, 0.25) is 5.88 Å². The van der Waals surface area contributed by atoms with Crippen molar-refractivity contribution in [1.82, 2.24) is 29.5 Å². The van der Waals surface area contributed by atoms with Crippen molar-refractivity contribution in [3.05, 3.63) is 52.4 Å². The van der Waals surface area contributed by atoms with Gasteiger partial charge in [-0.05, 0) is 42.5 Å². The van der Waals surface area contributed by atoms with E-state index in [0.29, 0.717) is 35.6 Å². The van der Waals surface area contributed by atoms with Crippen molar-refractivity contribution >= 4 is 40.6 Å². The van der Waals surface area contributed by atoms with Gasteiger partial charge in [0.1, 0.15) is 16.8 Å². The van der Waals surface area contributed by atoms with Crippen molar-refractivity contribution in [2.45, 2.75) is 32.2 Å². The number of nitrogens with zero attached hydrogens (tertiary/aromatic N) is 6. The molecule has 1 aliphatic carbocycles. The molecule has 12 heteroatoms. The molecule has 182 valence electrons. The minimum absolute atomic E-state index is 0.261. The summed E-state index contributed by atoms with van der Waals surface area (Å²) in [5.74, 6) is 1.05. The van der Waals surface area contributed by atoms with Crippen LogP contribution in [-0.2, 0) is 23.6 Å². The molecule has 3 aromatic heterocycles. The van der Waals surface area contributed by atoms with Gasteiger partial charge in [0.25, 0.3) is 5.95 Å². The van der Waals surface area contributed by atoms with Gasteiger partial charge in [0.05, 0.1) is 43.7 Å². The largest absolute Gasteiger partial charge is 0.493 e. The maximum Gasteiger partial charge on any atom is 0.353 e. The first kappa shape index (κ1) is 23.4. The molecular formula is C23H23ClN6O4S. The molecule has 0 bridgehead atoms. The first-order valence-electron chi connectivity index (χ1n) is 11.1. The fourth-order valence-corrected chi connectivity index (χ4v) is 4.71. The standard InChI is InChI=1S/C23H23ClN6O4S/c1-32-21-20-18(27-23(28-21)30-13-14(11-25-30)22(31)34-35-2)12-26-29(20)9-4-10-33-19-8-7-17(24)15-5-3-6-16(15)19/h7-8,11-13H,3-6,9-10H2,1-2H3. The normalized spacial score (nSPS) is 12.7. The molecule has 4 aromatic rings. The Hall–Kier alpha value is -3.31. The molecule has 10 nitrogen and oxygen atoms in total. The van der Waals surface area contributed by atoms with Gasteiger partial charge in [-0.15, -0.1) is 0 Å². The Bertz CT molecular complexity index is 1390. The van der Waals surface area contributed by atoms with Crippen LogP contribution in [0.25, 0.3) is 17.0 Å². The van der Waals surface area contributed by atoms with Gasteiger partial charge in [0, 0.05) is 30.4 Å². The van der Waals surface area contributed by atoms with E-state index in [1.807, 2.05) is 12.1 Å². The first-order valence-corrected chi connectivity index (χ1v) is 12.6. The molecule has 0 amide bonds. The summed E-state index contributed by atoms with van der Waals surface area (Å²) in [5, 5.41) is 9.46. The van der Waals surface area contributed by atoms with E-state index in [0.717, 1.165) is 48.5 Å². The molecule has 5 rings (SSSR count). The number of rotatable bonds is 9. The third kappa shape index (κ3) is 4.65. The Kier molecular flexibility index (Phi) is 6.78. The molecule has 35 heavy (non-hydrogen) atoms. The van der Waals surface area contributed by atoms with Crippen LogP contribution >= 0.6 is 23.6 Å². The Morgan fingerprint density at radius 2 is 2.03 bits per heavy atom. The Labute approximate surface area is 210 Å². The van der Waals surface area contributed by atoms with Crippen LogP contribution in [0.2, 0.25) is 5.02 Å². The van der Waals surface area contributed by atoms with Crippen LogP contribution in [0.15, 0.2) is 30.7 Å². The van der Waals surface area contributed by atoms with Gasteiger partial charge in [-0.1, -0.05) is 11.6 Å². The van der Waals surface area contributed by atoms with Crippen molar-refractivity contribution in [3.8, 4) is 17.6 Å². The zero-order valence-electron chi connectivity index (χ0n) is 19.2. The monoisotopic (exact) mass is 514 g/mol. The topological polar surface area (TPSA) is 106 Å². The second-order valence-electron chi connectivity index (χ2n) is 7.90. The lowest BCUT2D eigenvalue weighted by Gasteiger charge is -2.12.